The van der Waals surface area contributed by atoms with Gasteiger partial charge in [-0.15, -0.1) is 11.3 Å². The highest BCUT2D eigenvalue weighted by molar-refractivity contribution is 9.11. The second-order valence-electron chi connectivity index (χ2n) is 5.43. The fourth-order valence-electron chi connectivity index (χ4n) is 3.56. The summed E-state index contributed by atoms with van der Waals surface area (Å²) in [6.45, 7) is 2.49. The SMILES string of the molecule is Brc1ccc(CN2CCC[C@H]3CCCC[C@H]32)s1. The molecule has 2 atom stereocenters. The zero-order valence-electron chi connectivity index (χ0n) is 10.2. The first-order valence-corrected chi connectivity index (χ1v) is 8.42. The van der Waals surface area contributed by atoms with Crippen molar-refractivity contribution in [2.75, 3.05) is 6.54 Å². The number of piperidine rings is 1. The van der Waals surface area contributed by atoms with Gasteiger partial charge in [0.15, 0.2) is 0 Å². The minimum absolute atomic E-state index is 0.887. The molecule has 1 aromatic rings. The summed E-state index contributed by atoms with van der Waals surface area (Å²) in [4.78, 5) is 4.27. The van der Waals surface area contributed by atoms with Crippen LogP contribution in [-0.2, 0) is 6.54 Å². The minimum atomic E-state index is 0.887. The van der Waals surface area contributed by atoms with Crippen molar-refractivity contribution in [2.45, 2.75) is 51.1 Å². The van der Waals surface area contributed by atoms with Gasteiger partial charge in [-0.25, -0.2) is 0 Å². The molecule has 2 fully saturated rings. The number of thiophene rings is 1. The predicted molar refractivity (Wildman–Crippen MR) is 77.4 cm³/mol. The number of rotatable bonds is 2. The third-order valence-electron chi connectivity index (χ3n) is 4.35. The van der Waals surface area contributed by atoms with Gasteiger partial charge in [0.2, 0.25) is 0 Å². The second-order valence-corrected chi connectivity index (χ2v) is 7.98. The van der Waals surface area contributed by atoms with E-state index >= 15 is 0 Å². The van der Waals surface area contributed by atoms with Crippen molar-refractivity contribution < 1.29 is 0 Å². The number of fused-ring (bicyclic) bond motifs is 1. The van der Waals surface area contributed by atoms with Crippen molar-refractivity contribution in [3.05, 3.63) is 20.8 Å². The Morgan fingerprint density at radius 1 is 1.18 bits per heavy atom. The van der Waals surface area contributed by atoms with Gasteiger partial charge in [-0.3, -0.25) is 4.90 Å². The number of hydrogen-bond acceptors (Lipinski definition) is 2. The van der Waals surface area contributed by atoms with Crippen molar-refractivity contribution in [1.29, 1.82) is 0 Å². The summed E-state index contributed by atoms with van der Waals surface area (Å²) >= 11 is 5.46. The highest BCUT2D eigenvalue weighted by atomic mass is 79.9. The first kappa shape index (κ1) is 12.2. The van der Waals surface area contributed by atoms with E-state index in [0.29, 0.717) is 0 Å². The summed E-state index contributed by atoms with van der Waals surface area (Å²) < 4.78 is 1.27. The fraction of sp³-hybridized carbons (Fsp3) is 0.714. The van der Waals surface area contributed by atoms with Gasteiger partial charge in [0, 0.05) is 17.5 Å². The largest absolute Gasteiger partial charge is 0.295 e. The number of halogens is 1. The first-order valence-electron chi connectivity index (χ1n) is 6.81. The smallest absolute Gasteiger partial charge is 0.0701 e. The second kappa shape index (κ2) is 5.41. The number of likely N-dealkylation sites (tertiary alicyclic amines) is 1. The molecule has 3 heteroatoms. The quantitative estimate of drug-likeness (QED) is 0.767. The molecule has 0 radical (unpaired) electrons. The molecule has 0 N–H and O–H groups in total. The first-order chi connectivity index (χ1) is 8.33. The minimum Gasteiger partial charge on any atom is -0.295 e. The van der Waals surface area contributed by atoms with Gasteiger partial charge < -0.3 is 0 Å². The average molecular weight is 314 g/mol. The molecule has 0 bridgehead atoms. The number of hydrogen-bond donors (Lipinski definition) is 0. The normalized spacial score (nSPS) is 30.2. The molecule has 1 saturated heterocycles. The van der Waals surface area contributed by atoms with Crippen molar-refractivity contribution in [1.82, 2.24) is 4.90 Å². The van der Waals surface area contributed by atoms with Gasteiger partial charge in [-0.2, -0.15) is 0 Å². The molecule has 94 valence electrons. The molecule has 1 saturated carbocycles. The maximum absolute atomic E-state index is 3.57. The molecule has 3 rings (SSSR count). The molecule has 1 aliphatic carbocycles. The van der Waals surface area contributed by atoms with Gasteiger partial charge >= 0.3 is 0 Å². The summed E-state index contributed by atoms with van der Waals surface area (Å²) in [6, 6.07) is 5.35. The van der Waals surface area contributed by atoms with Crippen LogP contribution in [0.25, 0.3) is 0 Å². The summed E-state index contributed by atoms with van der Waals surface area (Å²) in [5.41, 5.74) is 0. The standard InChI is InChI=1S/C14H20BrNS/c15-14-8-7-12(17-14)10-16-9-3-5-11-4-1-2-6-13(11)16/h7-8,11,13H,1-6,9-10H2/t11-,13-/m1/s1. The zero-order valence-corrected chi connectivity index (χ0v) is 12.6. The molecule has 1 aliphatic heterocycles. The molecule has 2 heterocycles. The Balaban J connectivity index is 1.68. The van der Waals surface area contributed by atoms with E-state index in [2.05, 4.69) is 33.0 Å². The summed E-state index contributed by atoms with van der Waals surface area (Å²) in [6.07, 6.45) is 8.74. The van der Waals surface area contributed by atoms with Crippen LogP contribution in [0.3, 0.4) is 0 Å². The lowest BCUT2D eigenvalue weighted by Crippen LogP contribution is -2.46. The van der Waals surface area contributed by atoms with Gasteiger partial charge in [0.25, 0.3) is 0 Å². The van der Waals surface area contributed by atoms with E-state index < -0.39 is 0 Å². The monoisotopic (exact) mass is 313 g/mol. The van der Waals surface area contributed by atoms with Crippen LogP contribution in [-0.4, -0.2) is 17.5 Å². The van der Waals surface area contributed by atoms with Crippen LogP contribution in [0.1, 0.15) is 43.4 Å². The van der Waals surface area contributed by atoms with E-state index in [1.807, 2.05) is 11.3 Å². The Morgan fingerprint density at radius 2 is 2.00 bits per heavy atom. The highest BCUT2D eigenvalue weighted by Gasteiger charge is 2.32. The molecule has 0 unspecified atom stereocenters. The molecular formula is C14H20BrNS. The zero-order chi connectivity index (χ0) is 11.7. The topological polar surface area (TPSA) is 3.24 Å². The lowest BCUT2D eigenvalue weighted by Gasteiger charge is -2.44. The summed E-state index contributed by atoms with van der Waals surface area (Å²) in [7, 11) is 0. The fourth-order valence-corrected chi connectivity index (χ4v) is 5.07. The predicted octanol–water partition coefficient (Wildman–Crippen LogP) is 4.67. The lowest BCUT2D eigenvalue weighted by molar-refractivity contribution is 0.0555. The number of nitrogens with zero attached hydrogens (tertiary/aromatic N) is 1. The van der Waals surface area contributed by atoms with E-state index in [0.717, 1.165) is 12.0 Å². The Hall–Kier alpha value is 0.140. The maximum atomic E-state index is 3.57. The van der Waals surface area contributed by atoms with Crippen molar-refractivity contribution in [2.24, 2.45) is 5.92 Å². The van der Waals surface area contributed by atoms with Crippen LogP contribution in [0.2, 0.25) is 0 Å². The molecule has 17 heavy (non-hydrogen) atoms. The third kappa shape index (κ3) is 2.77. The van der Waals surface area contributed by atoms with Crippen LogP contribution in [0.5, 0.6) is 0 Å². The Bertz CT molecular complexity index is 374. The van der Waals surface area contributed by atoms with Crippen molar-refractivity contribution in [3.63, 3.8) is 0 Å². The van der Waals surface area contributed by atoms with Crippen LogP contribution >= 0.6 is 27.3 Å². The summed E-state index contributed by atoms with van der Waals surface area (Å²) in [5.74, 6) is 1.00. The molecule has 0 aromatic carbocycles. The average Bonchev–Trinajstić information content (AvgIpc) is 2.75. The molecule has 1 nitrogen and oxygen atoms in total. The van der Waals surface area contributed by atoms with Crippen LogP contribution in [0.15, 0.2) is 15.9 Å². The van der Waals surface area contributed by atoms with E-state index in [1.165, 1.54) is 60.3 Å². The van der Waals surface area contributed by atoms with Crippen molar-refractivity contribution >= 4 is 27.3 Å². The van der Waals surface area contributed by atoms with Crippen LogP contribution in [0, 0.1) is 5.92 Å². The van der Waals surface area contributed by atoms with E-state index in [-0.39, 0.29) is 0 Å². The maximum Gasteiger partial charge on any atom is 0.0701 e. The van der Waals surface area contributed by atoms with Gasteiger partial charge in [0.05, 0.1) is 3.79 Å². The van der Waals surface area contributed by atoms with Gasteiger partial charge in [-0.1, -0.05) is 12.8 Å². The van der Waals surface area contributed by atoms with Crippen molar-refractivity contribution in [3.8, 4) is 0 Å². The highest BCUT2D eigenvalue weighted by Crippen LogP contribution is 2.36. The molecule has 0 amide bonds. The third-order valence-corrected chi connectivity index (χ3v) is 5.95. The molecule has 1 aromatic heterocycles. The Morgan fingerprint density at radius 3 is 2.82 bits per heavy atom. The molecular weight excluding hydrogens is 294 g/mol. The molecule has 0 spiro atoms. The van der Waals surface area contributed by atoms with E-state index in [9.17, 15) is 0 Å². The van der Waals surface area contributed by atoms with Crippen LogP contribution in [0.4, 0.5) is 0 Å². The lowest BCUT2D eigenvalue weighted by atomic mass is 9.78. The van der Waals surface area contributed by atoms with Gasteiger partial charge in [-0.05, 0) is 66.2 Å². The molecule has 2 aliphatic rings. The Labute approximate surface area is 116 Å². The van der Waals surface area contributed by atoms with E-state index in [1.54, 1.807) is 0 Å². The Kier molecular flexibility index (Phi) is 3.88. The van der Waals surface area contributed by atoms with Crippen LogP contribution < -0.4 is 0 Å². The van der Waals surface area contributed by atoms with Gasteiger partial charge in [0.1, 0.15) is 0 Å². The van der Waals surface area contributed by atoms with E-state index in [4.69, 9.17) is 0 Å². The summed E-state index contributed by atoms with van der Waals surface area (Å²) in [5, 5.41) is 0.